The van der Waals surface area contributed by atoms with Crippen LogP contribution in [0.2, 0.25) is 0 Å². The van der Waals surface area contributed by atoms with E-state index in [1.165, 1.54) is 0 Å². The highest BCUT2D eigenvalue weighted by Crippen LogP contribution is 2.12. The standard InChI is InChI=1S/C13H17NO2/c1-3-7-14-8-9-16-11-12-5-4-6-13(10-12)15-2/h1,4-6,10,14H,7-9,11H2,2H3. The van der Waals surface area contributed by atoms with Gasteiger partial charge in [0, 0.05) is 6.54 Å². The Hall–Kier alpha value is -1.50. The highest BCUT2D eigenvalue weighted by Gasteiger charge is 1.95. The summed E-state index contributed by atoms with van der Waals surface area (Å²) in [4.78, 5) is 0. The minimum absolute atomic E-state index is 0.586. The Bertz CT molecular complexity index is 344. The first-order chi connectivity index (χ1) is 7.86. The van der Waals surface area contributed by atoms with Gasteiger partial charge in [-0.05, 0) is 17.7 Å². The second-order valence-corrected chi connectivity index (χ2v) is 3.29. The van der Waals surface area contributed by atoms with Crippen LogP contribution in [0.25, 0.3) is 0 Å². The molecule has 86 valence electrons. The zero-order chi connectivity index (χ0) is 11.6. The molecule has 3 heteroatoms. The van der Waals surface area contributed by atoms with Crippen LogP contribution >= 0.6 is 0 Å². The van der Waals surface area contributed by atoms with E-state index in [0.717, 1.165) is 17.9 Å². The quantitative estimate of drug-likeness (QED) is 0.556. The van der Waals surface area contributed by atoms with Crippen molar-refractivity contribution in [3.63, 3.8) is 0 Å². The SMILES string of the molecule is C#CCNCCOCc1cccc(OC)c1. The minimum atomic E-state index is 0.586. The number of nitrogens with one attached hydrogen (secondary N) is 1. The van der Waals surface area contributed by atoms with Crippen LogP contribution in [0.15, 0.2) is 24.3 Å². The van der Waals surface area contributed by atoms with Crippen molar-refractivity contribution in [2.24, 2.45) is 0 Å². The maximum absolute atomic E-state index is 5.48. The van der Waals surface area contributed by atoms with E-state index in [1.54, 1.807) is 7.11 Å². The summed E-state index contributed by atoms with van der Waals surface area (Å²) in [5, 5.41) is 3.06. The summed E-state index contributed by atoms with van der Waals surface area (Å²) in [6, 6.07) is 7.85. The molecule has 0 fully saturated rings. The third-order valence-corrected chi connectivity index (χ3v) is 2.05. The molecule has 0 atom stereocenters. The fraction of sp³-hybridized carbons (Fsp3) is 0.385. The maximum Gasteiger partial charge on any atom is 0.119 e. The summed E-state index contributed by atoms with van der Waals surface area (Å²) in [5.74, 6) is 3.36. The van der Waals surface area contributed by atoms with Crippen molar-refractivity contribution in [2.75, 3.05) is 26.8 Å². The van der Waals surface area contributed by atoms with Crippen molar-refractivity contribution in [3.8, 4) is 18.1 Å². The van der Waals surface area contributed by atoms with Gasteiger partial charge in [0.05, 0.1) is 26.9 Å². The fourth-order valence-electron chi connectivity index (χ4n) is 1.26. The van der Waals surface area contributed by atoms with Crippen LogP contribution in [0, 0.1) is 12.3 Å². The monoisotopic (exact) mass is 219 g/mol. The number of benzene rings is 1. The Balaban J connectivity index is 2.19. The van der Waals surface area contributed by atoms with Crippen molar-refractivity contribution < 1.29 is 9.47 Å². The first-order valence-corrected chi connectivity index (χ1v) is 5.21. The summed E-state index contributed by atoms with van der Waals surface area (Å²) in [7, 11) is 1.66. The van der Waals surface area contributed by atoms with Crippen LogP contribution in [-0.2, 0) is 11.3 Å². The Morgan fingerprint density at radius 2 is 2.31 bits per heavy atom. The largest absolute Gasteiger partial charge is 0.497 e. The Morgan fingerprint density at radius 3 is 3.06 bits per heavy atom. The minimum Gasteiger partial charge on any atom is -0.497 e. The third-order valence-electron chi connectivity index (χ3n) is 2.05. The van der Waals surface area contributed by atoms with Crippen molar-refractivity contribution in [1.29, 1.82) is 0 Å². The number of rotatable bonds is 7. The molecule has 0 radical (unpaired) electrons. The van der Waals surface area contributed by atoms with Crippen molar-refractivity contribution in [1.82, 2.24) is 5.32 Å². The average molecular weight is 219 g/mol. The predicted molar refractivity (Wildman–Crippen MR) is 64.4 cm³/mol. The number of hydrogen-bond donors (Lipinski definition) is 1. The van der Waals surface area contributed by atoms with Crippen LogP contribution in [0.5, 0.6) is 5.75 Å². The van der Waals surface area contributed by atoms with Gasteiger partial charge in [0.1, 0.15) is 5.75 Å². The van der Waals surface area contributed by atoms with Crippen LogP contribution < -0.4 is 10.1 Å². The summed E-state index contributed by atoms with van der Waals surface area (Å²) in [6.07, 6.45) is 5.10. The summed E-state index contributed by atoms with van der Waals surface area (Å²) in [6.45, 7) is 2.60. The lowest BCUT2D eigenvalue weighted by Gasteiger charge is -2.06. The molecule has 0 aliphatic rings. The molecular formula is C13H17NO2. The average Bonchev–Trinajstić information content (AvgIpc) is 2.34. The first-order valence-electron chi connectivity index (χ1n) is 5.21. The molecule has 0 aromatic heterocycles. The Labute approximate surface area is 96.8 Å². The predicted octanol–water partition coefficient (Wildman–Crippen LogP) is 1.43. The molecule has 0 unspecified atom stereocenters. The first kappa shape index (κ1) is 12.6. The number of hydrogen-bond acceptors (Lipinski definition) is 3. The molecule has 16 heavy (non-hydrogen) atoms. The summed E-state index contributed by atoms with van der Waals surface area (Å²) in [5.41, 5.74) is 1.11. The van der Waals surface area contributed by atoms with E-state index in [9.17, 15) is 0 Å². The molecule has 0 aliphatic heterocycles. The molecule has 3 nitrogen and oxygen atoms in total. The van der Waals surface area contributed by atoms with Crippen molar-refractivity contribution >= 4 is 0 Å². The van der Waals surface area contributed by atoms with Crippen molar-refractivity contribution in [2.45, 2.75) is 6.61 Å². The molecule has 0 saturated heterocycles. The van der Waals surface area contributed by atoms with Gasteiger partial charge in [-0.2, -0.15) is 0 Å². The van der Waals surface area contributed by atoms with E-state index in [2.05, 4.69) is 11.2 Å². The molecule has 1 aromatic rings. The normalized spacial score (nSPS) is 9.75. The molecule has 1 aromatic carbocycles. The van der Waals surface area contributed by atoms with Gasteiger partial charge in [-0.3, -0.25) is 0 Å². The molecule has 0 heterocycles. The maximum atomic E-state index is 5.48. The molecule has 1 N–H and O–H groups in total. The molecular weight excluding hydrogens is 202 g/mol. The van der Waals surface area contributed by atoms with E-state index in [4.69, 9.17) is 15.9 Å². The zero-order valence-corrected chi connectivity index (χ0v) is 9.53. The number of terminal acetylenes is 1. The summed E-state index contributed by atoms with van der Waals surface area (Å²) < 4.78 is 10.6. The molecule has 0 amide bonds. The van der Waals surface area contributed by atoms with Gasteiger partial charge in [-0.15, -0.1) is 6.42 Å². The molecule has 1 rings (SSSR count). The van der Waals surface area contributed by atoms with E-state index in [-0.39, 0.29) is 0 Å². The molecule has 0 saturated carbocycles. The van der Waals surface area contributed by atoms with E-state index < -0.39 is 0 Å². The van der Waals surface area contributed by atoms with Crippen molar-refractivity contribution in [3.05, 3.63) is 29.8 Å². The topological polar surface area (TPSA) is 30.5 Å². The zero-order valence-electron chi connectivity index (χ0n) is 9.53. The fourth-order valence-corrected chi connectivity index (χ4v) is 1.26. The number of methoxy groups -OCH3 is 1. The van der Waals surface area contributed by atoms with Gasteiger partial charge < -0.3 is 14.8 Å². The lowest BCUT2D eigenvalue weighted by atomic mass is 10.2. The van der Waals surface area contributed by atoms with Gasteiger partial charge in [0.2, 0.25) is 0 Å². The Morgan fingerprint density at radius 1 is 1.44 bits per heavy atom. The highest BCUT2D eigenvalue weighted by atomic mass is 16.5. The molecule has 0 aliphatic carbocycles. The van der Waals surface area contributed by atoms with Crippen LogP contribution in [0.1, 0.15) is 5.56 Å². The van der Waals surface area contributed by atoms with E-state index in [1.807, 2.05) is 24.3 Å². The molecule has 0 bridgehead atoms. The highest BCUT2D eigenvalue weighted by molar-refractivity contribution is 5.27. The van der Waals surface area contributed by atoms with E-state index in [0.29, 0.717) is 19.8 Å². The van der Waals surface area contributed by atoms with Gasteiger partial charge >= 0.3 is 0 Å². The lowest BCUT2D eigenvalue weighted by molar-refractivity contribution is 0.123. The van der Waals surface area contributed by atoms with Gasteiger partial charge in [-0.1, -0.05) is 18.1 Å². The van der Waals surface area contributed by atoms with Crippen LogP contribution in [0.4, 0.5) is 0 Å². The van der Waals surface area contributed by atoms with Crippen LogP contribution in [-0.4, -0.2) is 26.8 Å². The van der Waals surface area contributed by atoms with Gasteiger partial charge in [-0.25, -0.2) is 0 Å². The van der Waals surface area contributed by atoms with Crippen LogP contribution in [0.3, 0.4) is 0 Å². The molecule has 0 spiro atoms. The second kappa shape index (κ2) is 7.75. The third kappa shape index (κ3) is 4.83. The number of ether oxygens (including phenoxy) is 2. The van der Waals surface area contributed by atoms with Gasteiger partial charge in [0.25, 0.3) is 0 Å². The lowest BCUT2D eigenvalue weighted by Crippen LogP contribution is -2.19. The van der Waals surface area contributed by atoms with E-state index >= 15 is 0 Å². The smallest absolute Gasteiger partial charge is 0.119 e. The second-order valence-electron chi connectivity index (χ2n) is 3.29. The Kier molecular flexibility index (Phi) is 6.09. The van der Waals surface area contributed by atoms with Gasteiger partial charge in [0.15, 0.2) is 0 Å². The summed E-state index contributed by atoms with van der Waals surface area (Å²) >= 11 is 0.